The Hall–Kier alpha value is -0.900. The van der Waals surface area contributed by atoms with Gasteiger partial charge in [-0.1, -0.05) is 18.2 Å². The molecule has 2 N–H and O–H groups in total. The molecule has 0 atom stereocenters. The number of hydrogen-bond donors (Lipinski definition) is 1. The summed E-state index contributed by atoms with van der Waals surface area (Å²) in [6, 6.07) is 6.62. The fourth-order valence-corrected chi connectivity index (χ4v) is 2.91. The summed E-state index contributed by atoms with van der Waals surface area (Å²) in [5.74, 6) is -0.577. The Labute approximate surface area is 102 Å². The Morgan fingerprint density at radius 3 is 2.65 bits per heavy atom. The molecule has 1 heterocycles. The molecule has 0 spiro atoms. The summed E-state index contributed by atoms with van der Waals surface area (Å²) in [4.78, 5) is 0. The first-order valence-electron chi connectivity index (χ1n) is 6.44. The zero-order valence-corrected chi connectivity index (χ0v) is 10.1. The van der Waals surface area contributed by atoms with Crippen LogP contribution in [-0.2, 0) is 28.1 Å². The van der Waals surface area contributed by atoms with Gasteiger partial charge in [-0.15, -0.1) is 0 Å². The van der Waals surface area contributed by atoms with Crippen LogP contribution < -0.4 is 5.73 Å². The third kappa shape index (κ3) is 1.88. The van der Waals surface area contributed by atoms with Crippen LogP contribution in [0.3, 0.4) is 0 Å². The van der Waals surface area contributed by atoms with Gasteiger partial charge in [0.05, 0.1) is 13.2 Å². The van der Waals surface area contributed by atoms with Crippen LogP contribution in [0.25, 0.3) is 0 Å². The van der Waals surface area contributed by atoms with Gasteiger partial charge in [0.1, 0.15) is 0 Å². The van der Waals surface area contributed by atoms with Crippen LogP contribution in [0.2, 0.25) is 0 Å². The van der Waals surface area contributed by atoms with Gasteiger partial charge < -0.3 is 15.2 Å². The molecular formula is C14H19NO2. The van der Waals surface area contributed by atoms with E-state index in [0.717, 1.165) is 12.0 Å². The van der Waals surface area contributed by atoms with E-state index in [1.54, 1.807) is 0 Å². The van der Waals surface area contributed by atoms with Crippen LogP contribution in [0.15, 0.2) is 18.2 Å². The molecule has 1 aliphatic carbocycles. The van der Waals surface area contributed by atoms with Crippen molar-refractivity contribution in [3.8, 4) is 0 Å². The number of hydrogen-bond acceptors (Lipinski definition) is 3. The van der Waals surface area contributed by atoms with E-state index < -0.39 is 5.79 Å². The molecule has 0 saturated carbocycles. The topological polar surface area (TPSA) is 44.5 Å². The van der Waals surface area contributed by atoms with Crippen molar-refractivity contribution in [1.29, 1.82) is 0 Å². The molecule has 1 aromatic carbocycles. The molecule has 1 aliphatic heterocycles. The largest absolute Gasteiger partial charge is 0.343 e. The molecule has 0 unspecified atom stereocenters. The summed E-state index contributed by atoms with van der Waals surface area (Å²) in [5.41, 5.74) is 9.76. The standard InChI is InChI=1S/C14H19NO2/c15-7-6-14(16-8-9-17-14)13-5-4-11-2-1-3-12(11)10-13/h4-5,10H,1-3,6-9,15H2. The number of nitrogens with two attached hydrogens (primary N) is 1. The minimum Gasteiger partial charge on any atom is -0.343 e. The fourth-order valence-electron chi connectivity index (χ4n) is 2.91. The van der Waals surface area contributed by atoms with Gasteiger partial charge in [-0.05, 0) is 36.9 Å². The van der Waals surface area contributed by atoms with Crippen LogP contribution in [0.4, 0.5) is 0 Å². The van der Waals surface area contributed by atoms with Gasteiger partial charge in [0.25, 0.3) is 0 Å². The number of benzene rings is 1. The van der Waals surface area contributed by atoms with Crippen molar-refractivity contribution in [3.63, 3.8) is 0 Å². The van der Waals surface area contributed by atoms with Crippen molar-refractivity contribution in [2.24, 2.45) is 5.73 Å². The van der Waals surface area contributed by atoms with Crippen LogP contribution in [0.5, 0.6) is 0 Å². The van der Waals surface area contributed by atoms with Crippen molar-refractivity contribution in [3.05, 3.63) is 34.9 Å². The Bertz CT molecular complexity index is 411. The predicted molar refractivity (Wildman–Crippen MR) is 65.7 cm³/mol. The highest BCUT2D eigenvalue weighted by molar-refractivity contribution is 5.37. The van der Waals surface area contributed by atoms with E-state index in [9.17, 15) is 0 Å². The van der Waals surface area contributed by atoms with E-state index in [1.165, 1.54) is 30.4 Å². The quantitative estimate of drug-likeness (QED) is 0.864. The van der Waals surface area contributed by atoms with Crippen molar-refractivity contribution < 1.29 is 9.47 Å². The smallest absolute Gasteiger partial charge is 0.196 e. The van der Waals surface area contributed by atoms with Crippen LogP contribution in [0, 0.1) is 0 Å². The molecule has 17 heavy (non-hydrogen) atoms. The van der Waals surface area contributed by atoms with Crippen LogP contribution >= 0.6 is 0 Å². The molecule has 3 heteroatoms. The lowest BCUT2D eigenvalue weighted by Crippen LogP contribution is -2.30. The molecule has 3 nitrogen and oxygen atoms in total. The highest BCUT2D eigenvalue weighted by Crippen LogP contribution is 2.36. The van der Waals surface area contributed by atoms with Gasteiger partial charge in [0, 0.05) is 12.0 Å². The van der Waals surface area contributed by atoms with Gasteiger partial charge in [-0.25, -0.2) is 0 Å². The maximum absolute atomic E-state index is 5.82. The second-order valence-corrected chi connectivity index (χ2v) is 4.83. The van der Waals surface area contributed by atoms with E-state index in [2.05, 4.69) is 18.2 Å². The van der Waals surface area contributed by atoms with Gasteiger partial charge in [-0.3, -0.25) is 0 Å². The summed E-state index contributed by atoms with van der Waals surface area (Å²) < 4.78 is 11.6. The first kappa shape index (κ1) is 11.2. The van der Waals surface area contributed by atoms with Gasteiger partial charge in [-0.2, -0.15) is 0 Å². The van der Waals surface area contributed by atoms with Gasteiger partial charge >= 0.3 is 0 Å². The fraction of sp³-hybridized carbons (Fsp3) is 0.571. The maximum atomic E-state index is 5.82. The average Bonchev–Trinajstić information content (AvgIpc) is 2.96. The van der Waals surface area contributed by atoms with E-state index >= 15 is 0 Å². The molecule has 92 valence electrons. The summed E-state index contributed by atoms with van der Waals surface area (Å²) in [6.45, 7) is 1.91. The lowest BCUT2D eigenvalue weighted by atomic mass is 9.98. The monoisotopic (exact) mass is 233 g/mol. The van der Waals surface area contributed by atoms with E-state index in [4.69, 9.17) is 15.2 Å². The molecular weight excluding hydrogens is 214 g/mol. The highest BCUT2D eigenvalue weighted by atomic mass is 16.7. The molecule has 1 aromatic rings. The van der Waals surface area contributed by atoms with E-state index in [0.29, 0.717) is 19.8 Å². The maximum Gasteiger partial charge on any atom is 0.196 e. The van der Waals surface area contributed by atoms with Crippen molar-refractivity contribution in [2.75, 3.05) is 19.8 Å². The first-order valence-corrected chi connectivity index (χ1v) is 6.44. The van der Waals surface area contributed by atoms with E-state index in [-0.39, 0.29) is 0 Å². The van der Waals surface area contributed by atoms with Crippen molar-refractivity contribution in [2.45, 2.75) is 31.5 Å². The number of aryl methyl sites for hydroxylation is 2. The molecule has 0 radical (unpaired) electrons. The third-order valence-electron chi connectivity index (χ3n) is 3.77. The normalized spacial score (nSPS) is 21.7. The summed E-state index contributed by atoms with van der Waals surface area (Å²) in [7, 11) is 0. The zero-order chi connectivity index (χ0) is 11.7. The number of ether oxygens (including phenoxy) is 2. The van der Waals surface area contributed by atoms with Crippen LogP contribution in [0.1, 0.15) is 29.5 Å². The lowest BCUT2D eigenvalue weighted by Gasteiger charge is -2.27. The highest BCUT2D eigenvalue weighted by Gasteiger charge is 2.38. The summed E-state index contributed by atoms with van der Waals surface area (Å²) >= 11 is 0. The molecule has 1 saturated heterocycles. The summed E-state index contributed by atoms with van der Waals surface area (Å²) in [6.07, 6.45) is 4.39. The summed E-state index contributed by atoms with van der Waals surface area (Å²) in [5, 5.41) is 0. The minimum absolute atomic E-state index is 0.577. The van der Waals surface area contributed by atoms with Crippen LogP contribution in [-0.4, -0.2) is 19.8 Å². The molecule has 3 rings (SSSR count). The lowest BCUT2D eigenvalue weighted by molar-refractivity contribution is -0.168. The minimum atomic E-state index is -0.577. The zero-order valence-electron chi connectivity index (χ0n) is 10.1. The Morgan fingerprint density at radius 1 is 1.12 bits per heavy atom. The molecule has 0 amide bonds. The number of rotatable bonds is 3. The predicted octanol–water partition coefficient (Wildman–Crippen LogP) is 1.72. The first-order chi connectivity index (χ1) is 8.34. The molecule has 0 aromatic heterocycles. The Balaban J connectivity index is 1.96. The van der Waals surface area contributed by atoms with Gasteiger partial charge in [0.15, 0.2) is 5.79 Å². The van der Waals surface area contributed by atoms with Gasteiger partial charge in [0.2, 0.25) is 0 Å². The SMILES string of the molecule is NCCC1(c2ccc3c(c2)CCC3)OCCO1. The Kier molecular flexibility index (Phi) is 2.90. The second-order valence-electron chi connectivity index (χ2n) is 4.83. The molecule has 1 fully saturated rings. The van der Waals surface area contributed by atoms with Crippen molar-refractivity contribution in [1.82, 2.24) is 0 Å². The third-order valence-corrected chi connectivity index (χ3v) is 3.77. The van der Waals surface area contributed by atoms with Crippen molar-refractivity contribution >= 4 is 0 Å². The Morgan fingerprint density at radius 2 is 1.88 bits per heavy atom. The molecule has 2 aliphatic rings. The number of fused-ring (bicyclic) bond motifs is 1. The average molecular weight is 233 g/mol. The molecule has 0 bridgehead atoms. The second kappa shape index (κ2) is 4.41. The van der Waals surface area contributed by atoms with E-state index in [1.807, 2.05) is 0 Å².